The highest BCUT2D eigenvalue weighted by atomic mass is 79.9. The Morgan fingerprint density at radius 1 is 1.53 bits per heavy atom. The number of primary amides is 1. The lowest BCUT2D eigenvalue weighted by Gasteiger charge is -2.15. The second-order valence-electron chi connectivity index (χ2n) is 4.15. The average Bonchev–Trinajstić information content (AvgIpc) is 2.14. The molecule has 0 aliphatic rings. The van der Waals surface area contributed by atoms with E-state index in [1.807, 2.05) is 26.0 Å². The lowest BCUT2D eigenvalue weighted by Crippen LogP contribution is -2.22. The topological polar surface area (TPSA) is 78.3 Å². The van der Waals surface area contributed by atoms with Crippen LogP contribution >= 0.6 is 15.9 Å². The monoisotopic (exact) mass is 300 g/mol. The minimum atomic E-state index is -0.487. The van der Waals surface area contributed by atoms with Crippen molar-refractivity contribution >= 4 is 21.8 Å². The van der Waals surface area contributed by atoms with Crippen LogP contribution in [0.25, 0.3) is 0 Å². The summed E-state index contributed by atoms with van der Waals surface area (Å²) >= 11 is 3.43. The first-order chi connectivity index (χ1) is 7.90. The summed E-state index contributed by atoms with van der Waals surface area (Å²) in [6.45, 7) is 3.73. The number of ether oxygens (including phenoxy) is 1. The molecule has 0 aromatic heterocycles. The third-order valence-corrected chi connectivity index (χ3v) is 2.67. The number of carbonyl (C=O) groups excluding carboxylic acids is 1. The van der Waals surface area contributed by atoms with Crippen LogP contribution < -0.4 is 16.2 Å². The van der Waals surface area contributed by atoms with Crippen molar-refractivity contribution in [3.63, 3.8) is 0 Å². The first-order valence-electron chi connectivity index (χ1n) is 5.36. The van der Waals surface area contributed by atoms with E-state index < -0.39 is 5.91 Å². The number of aryl methyl sites for hydroxylation is 1. The molecule has 0 fully saturated rings. The molecule has 1 amide bonds. The van der Waals surface area contributed by atoms with Crippen LogP contribution in [-0.4, -0.2) is 18.6 Å². The van der Waals surface area contributed by atoms with E-state index in [2.05, 4.69) is 15.9 Å². The minimum absolute atomic E-state index is 0.0274. The summed E-state index contributed by atoms with van der Waals surface area (Å²) in [6, 6.07) is 3.91. The zero-order valence-electron chi connectivity index (χ0n) is 10.00. The van der Waals surface area contributed by atoms with Gasteiger partial charge in [0.1, 0.15) is 5.75 Å². The molecule has 0 spiro atoms. The number of nitrogens with two attached hydrogens (primary N) is 2. The smallest absolute Gasteiger partial charge is 0.255 e. The van der Waals surface area contributed by atoms with Gasteiger partial charge in [-0.1, -0.05) is 15.9 Å². The zero-order valence-corrected chi connectivity index (χ0v) is 11.6. The largest absolute Gasteiger partial charge is 0.483 e. The van der Waals surface area contributed by atoms with Gasteiger partial charge in [0.25, 0.3) is 5.91 Å². The van der Waals surface area contributed by atoms with Crippen molar-refractivity contribution in [2.75, 3.05) is 6.61 Å². The van der Waals surface area contributed by atoms with Gasteiger partial charge in [-0.05, 0) is 43.5 Å². The van der Waals surface area contributed by atoms with E-state index in [0.29, 0.717) is 12.2 Å². The Kier molecular flexibility index (Phi) is 4.96. The molecule has 94 valence electrons. The third-order valence-electron chi connectivity index (χ3n) is 2.22. The highest BCUT2D eigenvalue weighted by Gasteiger charge is 2.11. The Hall–Kier alpha value is -1.07. The summed E-state index contributed by atoms with van der Waals surface area (Å²) in [5.41, 5.74) is 12.8. The van der Waals surface area contributed by atoms with Crippen LogP contribution in [0.4, 0.5) is 0 Å². The van der Waals surface area contributed by atoms with Crippen LogP contribution in [0, 0.1) is 6.92 Å². The summed E-state index contributed by atoms with van der Waals surface area (Å²) < 4.78 is 6.40. The number of hydrogen-bond donors (Lipinski definition) is 2. The van der Waals surface area contributed by atoms with Crippen LogP contribution in [0.2, 0.25) is 0 Å². The van der Waals surface area contributed by atoms with Crippen molar-refractivity contribution < 1.29 is 9.53 Å². The molecule has 0 bridgehead atoms. The zero-order chi connectivity index (χ0) is 13.0. The molecule has 4 nitrogen and oxygen atoms in total. The molecule has 0 aliphatic heterocycles. The molecule has 1 atom stereocenters. The Balaban J connectivity index is 3.02. The first kappa shape index (κ1) is 14.0. The summed E-state index contributed by atoms with van der Waals surface area (Å²) in [5, 5.41) is 0. The molecule has 0 saturated carbocycles. The fraction of sp³-hybridized carbons (Fsp3) is 0.417. The Labute approximate surface area is 109 Å². The summed E-state index contributed by atoms with van der Waals surface area (Å²) in [7, 11) is 0. The predicted octanol–water partition coefficient (Wildman–Crippen LogP) is 1.51. The Morgan fingerprint density at radius 3 is 2.71 bits per heavy atom. The SMILES string of the molecule is Cc1cc(Br)cc(CC(C)N)c1OCC(N)=O. The van der Waals surface area contributed by atoms with Crippen molar-refractivity contribution in [2.24, 2.45) is 11.5 Å². The summed E-state index contributed by atoms with van der Waals surface area (Å²) in [4.78, 5) is 10.7. The third kappa shape index (κ3) is 4.36. The van der Waals surface area contributed by atoms with Gasteiger partial charge in [-0.25, -0.2) is 0 Å². The van der Waals surface area contributed by atoms with Crippen LogP contribution in [-0.2, 0) is 11.2 Å². The Bertz CT molecular complexity index is 419. The molecule has 0 aliphatic carbocycles. The quantitative estimate of drug-likeness (QED) is 0.865. The van der Waals surface area contributed by atoms with Crippen molar-refractivity contribution in [3.05, 3.63) is 27.7 Å². The molecule has 0 saturated heterocycles. The van der Waals surface area contributed by atoms with Crippen molar-refractivity contribution in [1.82, 2.24) is 0 Å². The number of amides is 1. The van der Waals surface area contributed by atoms with E-state index in [4.69, 9.17) is 16.2 Å². The molecule has 4 N–H and O–H groups in total. The van der Waals surface area contributed by atoms with Gasteiger partial charge in [0.15, 0.2) is 6.61 Å². The molecule has 0 radical (unpaired) electrons. The van der Waals surface area contributed by atoms with E-state index in [1.54, 1.807) is 0 Å². The van der Waals surface area contributed by atoms with Crippen molar-refractivity contribution in [3.8, 4) is 5.75 Å². The maximum absolute atomic E-state index is 10.7. The number of carbonyl (C=O) groups is 1. The number of benzene rings is 1. The molecule has 1 aromatic carbocycles. The number of halogens is 1. The van der Waals surface area contributed by atoms with Crippen molar-refractivity contribution in [1.29, 1.82) is 0 Å². The average molecular weight is 301 g/mol. The summed E-state index contributed by atoms with van der Waals surface area (Å²) in [5.74, 6) is 0.211. The maximum Gasteiger partial charge on any atom is 0.255 e. The van der Waals surface area contributed by atoms with Crippen LogP contribution in [0.15, 0.2) is 16.6 Å². The minimum Gasteiger partial charge on any atom is -0.483 e. The highest BCUT2D eigenvalue weighted by Crippen LogP contribution is 2.28. The molecule has 17 heavy (non-hydrogen) atoms. The van der Waals surface area contributed by atoms with Gasteiger partial charge in [-0.15, -0.1) is 0 Å². The van der Waals surface area contributed by atoms with Gasteiger partial charge < -0.3 is 16.2 Å². The standard InChI is InChI=1S/C12H17BrN2O2/c1-7-3-10(13)5-9(4-8(2)14)12(7)17-6-11(15)16/h3,5,8H,4,6,14H2,1-2H3,(H2,15,16). The normalized spacial score (nSPS) is 12.2. The maximum atomic E-state index is 10.7. The molecule has 5 heteroatoms. The number of hydrogen-bond acceptors (Lipinski definition) is 3. The second-order valence-corrected chi connectivity index (χ2v) is 5.06. The van der Waals surface area contributed by atoms with Crippen LogP contribution in [0.3, 0.4) is 0 Å². The lowest BCUT2D eigenvalue weighted by atomic mass is 10.0. The van der Waals surface area contributed by atoms with Crippen LogP contribution in [0.1, 0.15) is 18.1 Å². The molecule has 0 heterocycles. The fourth-order valence-electron chi connectivity index (χ4n) is 1.65. The molecular formula is C12H17BrN2O2. The Morgan fingerprint density at radius 2 is 2.18 bits per heavy atom. The van der Waals surface area contributed by atoms with Gasteiger partial charge in [-0.3, -0.25) is 4.79 Å². The second kappa shape index (κ2) is 6.02. The summed E-state index contributed by atoms with van der Waals surface area (Å²) in [6.07, 6.45) is 0.689. The molecule has 1 aromatic rings. The van der Waals surface area contributed by atoms with Gasteiger partial charge in [0.2, 0.25) is 0 Å². The molecular weight excluding hydrogens is 284 g/mol. The van der Waals surface area contributed by atoms with E-state index >= 15 is 0 Å². The first-order valence-corrected chi connectivity index (χ1v) is 6.15. The fourth-order valence-corrected chi connectivity index (χ4v) is 2.27. The van der Waals surface area contributed by atoms with Crippen molar-refractivity contribution in [2.45, 2.75) is 26.3 Å². The van der Waals surface area contributed by atoms with Gasteiger partial charge in [0, 0.05) is 10.5 Å². The molecule has 1 unspecified atom stereocenters. The van der Waals surface area contributed by atoms with Crippen LogP contribution in [0.5, 0.6) is 5.75 Å². The van der Waals surface area contributed by atoms with Gasteiger partial charge in [0.05, 0.1) is 0 Å². The van der Waals surface area contributed by atoms with Gasteiger partial charge in [-0.2, -0.15) is 0 Å². The van der Waals surface area contributed by atoms with E-state index in [9.17, 15) is 4.79 Å². The van der Waals surface area contributed by atoms with Gasteiger partial charge >= 0.3 is 0 Å². The lowest BCUT2D eigenvalue weighted by molar-refractivity contribution is -0.119. The number of rotatable bonds is 5. The highest BCUT2D eigenvalue weighted by molar-refractivity contribution is 9.10. The van der Waals surface area contributed by atoms with E-state index in [1.165, 1.54) is 0 Å². The predicted molar refractivity (Wildman–Crippen MR) is 70.9 cm³/mol. The van der Waals surface area contributed by atoms with E-state index in [0.717, 1.165) is 15.6 Å². The van der Waals surface area contributed by atoms with E-state index in [-0.39, 0.29) is 12.6 Å². The molecule has 1 rings (SSSR count).